The first-order valence-electron chi connectivity index (χ1n) is 6.37. The lowest BCUT2D eigenvalue weighted by atomic mass is 10.1. The van der Waals surface area contributed by atoms with E-state index in [9.17, 15) is 8.42 Å². The van der Waals surface area contributed by atoms with Gasteiger partial charge in [-0.3, -0.25) is 0 Å². The molecule has 5 heteroatoms. The minimum Gasteiger partial charge on any atom is -0.326 e. The van der Waals surface area contributed by atoms with E-state index in [2.05, 4.69) is 0 Å². The smallest absolute Gasteiger partial charge is 0.218 e. The number of hydrogen-bond acceptors (Lipinski definition) is 3. The minimum absolute atomic E-state index is 0.0951. The predicted molar refractivity (Wildman–Crippen MR) is 72.4 cm³/mol. The van der Waals surface area contributed by atoms with Crippen molar-refractivity contribution in [3.63, 3.8) is 0 Å². The van der Waals surface area contributed by atoms with Crippen LogP contribution >= 0.6 is 0 Å². The lowest BCUT2D eigenvalue weighted by Gasteiger charge is -2.25. The highest BCUT2D eigenvalue weighted by Gasteiger charge is 2.23. The summed E-state index contributed by atoms with van der Waals surface area (Å²) in [6, 6.07) is 7.48. The van der Waals surface area contributed by atoms with E-state index in [4.69, 9.17) is 5.73 Å². The Morgan fingerprint density at radius 1 is 1.00 bits per heavy atom. The van der Waals surface area contributed by atoms with Crippen LogP contribution < -0.4 is 5.73 Å². The maximum atomic E-state index is 12.2. The molecule has 1 heterocycles. The van der Waals surface area contributed by atoms with Crippen molar-refractivity contribution in [2.45, 2.75) is 31.6 Å². The minimum atomic E-state index is -3.15. The van der Waals surface area contributed by atoms with Gasteiger partial charge in [-0.25, -0.2) is 12.7 Å². The molecule has 1 fully saturated rings. The van der Waals surface area contributed by atoms with E-state index < -0.39 is 10.0 Å². The number of sulfonamides is 1. The number of piperidine rings is 1. The largest absolute Gasteiger partial charge is 0.326 e. The third-order valence-electron chi connectivity index (χ3n) is 3.32. The average molecular weight is 268 g/mol. The Balaban J connectivity index is 2.06. The monoisotopic (exact) mass is 268 g/mol. The van der Waals surface area contributed by atoms with Crippen molar-refractivity contribution in [2.75, 3.05) is 13.1 Å². The van der Waals surface area contributed by atoms with Gasteiger partial charge < -0.3 is 5.73 Å². The van der Waals surface area contributed by atoms with Crippen molar-refractivity contribution in [3.8, 4) is 0 Å². The maximum Gasteiger partial charge on any atom is 0.218 e. The molecule has 0 amide bonds. The predicted octanol–water partition coefficient (Wildman–Crippen LogP) is 1.46. The molecule has 2 N–H and O–H groups in total. The van der Waals surface area contributed by atoms with E-state index in [-0.39, 0.29) is 5.75 Å². The summed E-state index contributed by atoms with van der Waals surface area (Å²) in [5, 5.41) is 0. The molecule has 4 nitrogen and oxygen atoms in total. The summed E-state index contributed by atoms with van der Waals surface area (Å²) >= 11 is 0. The van der Waals surface area contributed by atoms with Gasteiger partial charge in [-0.05, 0) is 24.0 Å². The first kappa shape index (κ1) is 13.5. The van der Waals surface area contributed by atoms with Gasteiger partial charge in [-0.2, -0.15) is 0 Å². The van der Waals surface area contributed by atoms with Gasteiger partial charge in [-0.1, -0.05) is 30.7 Å². The molecule has 100 valence electrons. The summed E-state index contributed by atoms with van der Waals surface area (Å²) in [5.41, 5.74) is 7.37. The number of benzene rings is 1. The highest BCUT2D eigenvalue weighted by Crippen LogP contribution is 2.17. The highest BCUT2D eigenvalue weighted by atomic mass is 32.2. The Morgan fingerprint density at radius 3 is 2.11 bits per heavy atom. The average Bonchev–Trinajstić information content (AvgIpc) is 2.40. The number of nitrogens with two attached hydrogens (primary N) is 1. The summed E-state index contributed by atoms with van der Waals surface area (Å²) in [4.78, 5) is 0. The van der Waals surface area contributed by atoms with Crippen LogP contribution in [0.25, 0.3) is 0 Å². The first-order chi connectivity index (χ1) is 8.62. The Labute approximate surface area is 109 Å². The fourth-order valence-corrected chi connectivity index (χ4v) is 3.83. The van der Waals surface area contributed by atoms with Gasteiger partial charge in [0.25, 0.3) is 0 Å². The van der Waals surface area contributed by atoms with E-state index in [0.29, 0.717) is 19.6 Å². The van der Waals surface area contributed by atoms with E-state index in [1.54, 1.807) is 4.31 Å². The summed E-state index contributed by atoms with van der Waals surface area (Å²) in [6.07, 6.45) is 3.09. The van der Waals surface area contributed by atoms with Gasteiger partial charge in [0.15, 0.2) is 0 Å². The number of hydrogen-bond donors (Lipinski definition) is 1. The summed E-state index contributed by atoms with van der Waals surface area (Å²) in [6.45, 7) is 1.82. The van der Waals surface area contributed by atoms with Crippen LogP contribution in [0.4, 0.5) is 0 Å². The molecule has 0 aliphatic carbocycles. The second-order valence-corrected chi connectivity index (χ2v) is 6.71. The zero-order chi connectivity index (χ0) is 13.0. The van der Waals surface area contributed by atoms with Crippen LogP contribution in [0.15, 0.2) is 24.3 Å². The Kier molecular flexibility index (Phi) is 4.37. The van der Waals surface area contributed by atoms with E-state index in [1.165, 1.54) is 0 Å². The summed E-state index contributed by atoms with van der Waals surface area (Å²) < 4.78 is 26.0. The van der Waals surface area contributed by atoms with Crippen molar-refractivity contribution in [3.05, 3.63) is 35.4 Å². The lowest BCUT2D eigenvalue weighted by molar-refractivity contribution is 0.346. The third kappa shape index (κ3) is 3.31. The molecule has 1 aliphatic rings. The molecule has 0 unspecified atom stereocenters. The molecule has 0 saturated carbocycles. The van der Waals surface area contributed by atoms with Crippen molar-refractivity contribution >= 4 is 10.0 Å². The zero-order valence-electron chi connectivity index (χ0n) is 10.5. The molecule has 18 heavy (non-hydrogen) atoms. The normalized spacial score (nSPS) is 17.8. The molecule has 0 bridgehead atoms. The molecule has 2 rings (SSSR count). The van der Waals surface area contributed by atoms with Gasteiger partial charge in [0.2, 0.25) is 10.0 Å². The van der Waals surface area contributed by atoms with Crippen LogP contribution in [0.2, 0.25) is 0 Å². The number of rotatable bonds is 4. The standard InChI is InChI=1S/C13H20N2O2S/c14-10-12-4-6-13(7-5-12)11-18(16,17)15-8-2-1-3-9-15/h4-7H,1-3,8-11,14H2. The van der Waals surface area contributed by atoms with Crippen LogP contribution in [-0.2, 0) is 22.3 Å². The van der Waals surface area contributed by atoms with Gasteiger partial charge in [0.1, 0.15) is 0 Å². The molecular formula is C13H20N2O2S. The summed E-state index contributed by atoms with van der Waals surface area (Å²) in [5.74, 6) is 0.0951. The SMILES string of the molecule is NCc1ccc(CS(=O)(=O)N2CCCCC2)cc1. The summed E-state index contributed by atoms with van der Waals surface area (Å²) in [7, 11) is -3.15. The number of nitrogens with zero attached hydrogens (tertiary/aromatic N) is 1. The van der Waals surface area contributed by atoms with Crippen molar-refractivity contribution < 1.29 is 8.42 Å². The van der Waals surface area contributed by atoms with Gasteiger partial charge in [0, 0.05) is 19.6 Å². The molecule has 0 aromatic heterocycles. The first-order valence-corrected chi connectivity index (χ1v) is 7.98. The van der Waals surface area contributed by atoms with Crippen molar-refractivity contribution in [1.82, 2.24) is 4.31 Å². The lowest BCUT2D eigenvalue weighted by Crippen LogP contribution is -2.36. The van der Waals surface area contributed by atoms with E-state index in [1.807, 2.05) is 24.3 Å². The maximum absolute atomic E-state index is 12.2. The Hall–Kier alpha value is -0.910. The van der Waals surface area contributed by atoms with Crippen molar-refractivity contribution in [1.29, 1.82) is 0 Å². The van der Waals surface area contributed by atoms with Gasteiger partial charge in [-0.15, -0.1) is 0 Å². The molecule has 0 spiro atoms. The van der Waals surface area contributed by atoms with E-state index in [0.717, 1.165) is 30.4 Å². The van der Waals surface area contributed by atoms with Crippen LogP contribution in [-0.4, -0.2) is 25.8 Å². The molecule has 1 aromatic rings. The molecule has 1 saturated heterocycles. The highest BCUT2D eigenvalue weighted by molar-refractivity contribution is 7.88. The fraction of sp³-hybridized carbons (Fsp3) is 0.538. The van der Waals surface area contributed by atoms with E-state index >= 15 is 0 Å². The third-order valence-corrected chi connectivity index (χ3v) is 5.17. The molecular weight excluding hydrogens is 248 g/mol. The Bertz CT molecular complexity index is 476. The van der Waals surface area contributed by atoms with Crippen LogP contribution in [0.5, 0.6) is 0 Å². The molecule has 1 aromatic carbocycles. The second kappa shape index (κ2) is 5.82. The van der Waals surface area contributed by atoms with Gasteiger partial charge in [0.05, 0.1) is 5.75 Å². The van der Waals surface area contributed by atoms with Crippen LogP contribution in [0.1, 0.15) is 30.4 Å². The second-order valence-electron chi connectivity index (χ2n) is 4.74. The van der Waals surface area contributed by atoms with Crippen molar-refractivity contribution in [2.24, 2.45) is 5.73 Å². The fourth-order valence-electron chi connectivity index (χ4n) is 2.22. The molecule has 1 aliphatic heterocycles. The van der Waals surface area contributed by atoms with Gasteiger partial charge >= 0.3 is 0 Å². The Morgan fingerprint density at radius 2 is 1.56 bits per heavy atom. The van der Waals surface area contributed by atoms with Crippen LogP contribution in [0, 0.1) is 0 Å². The quantitative estimate of drug-likeness (QED) is 0.899. The zero-order valence-corrected chi connectivity index (χ0v) is 11.3. The topological polar surface area (TPSA) is 63.4 Å². The molecule has 0 atom stereocenters. The molecule has 0 radical (unpaired) electrons. The van der Waals surface area contributed by atoms with Crippen LogP contribution in [0.3, 0.4) is 0 Å².